The zero-order valence-corrected chi connectivity index (χ0v) is 20.3. The third-order valence-corrected chi connectivity index (χ3v) is 7.72. The van der Waals surface area contributed by atoms with E-state index in [0.717, 1.165) is 36.6 Å². The molecule has 6 atom stereocenters. The lowest BCUT2D eigenvalue weighted by molar-refractivity contribution is -0.113. The maximum Gasteiger partial charge on any atom is 0.407 e. The molecule has 178 valence electrons. The fourth-order valence-corrected chi connectivity index (χ4v) is 5.71. The summed E-state index contributed by atoms with van der Waals surface area (Å²) in [5.74, 6) is 1.35. The van der Waals surface area contributed by atoms with Gasteiger partial charge in [-0.25, -0.2) is 4.79 Å². The highest BCUT2D eigenvalue weighted by atomic mass is 16.4. The minimum Gasteiger partial charge on any atom is -0.465 e. The first-order valence-corrected chi connectivity index (χ1v) is 12.0. The normalized spacial score (nSPS) is 26.3. The van der Waals surface area contributed by atoms with Crippen molar-refractivity contribution < 1.29 is 14.7 Å². The Labute approximate surface area is 193 Å². The average molecular weight is 444 g/mol. The molecule has 2 N–H and O–H groups in total. The molecule has 0 bridgehead atoms. The van der Waals surface area contributed by atoms with Gasteiger partial charge < -0.3 is 20.1 Å². The fraction of sp³-hybridized carbons (Fsp3) is 0.692. The minimum atomic E-state index is -1.06. The highest BCUT2D eigenvalue weighted by molar-refractivity contribution is 5.71. The predicted octanol–water partition coefficient (Wildman–Crippen LogP) is 4.10. The van der Waals surface area contributed by atoms with Crippen LogP contribution in [0.5, 0.6) is 0 Å². The Morgan fingerprint density at radius 1 is 1.25 bits per heavy atom. The average Bonchev–Trinajstić information content (AvgIpc) is 3.28. The molecule has 32 heavy (non-hydrogen) atoms. The first-order valence-electron chi connectivity index (χ1n) is 12.0. The largest absolute Gasteiger partial charge is 0.465 e. The summed E-state index contributed by atoms with van der Waals surface area (Å²) in [5.41, 5.74) is 1.39. The summed E-state index contributed by atoms with van der Waals surface area (Å²) in [7, 11) is 1.48. The quantitative estimate of drug-likeness (QED) is 0.562. The lowest BCUT2D eigenvalue weighted by atomic mass is 9.79. The molecule has 3 rings (SSSR count). The number of likely N-dealkylation sites (tertiary alicyclic amines) is 1. The van der Waals surface area contributed by atoms with Crippen LogP contribution in [-0.2, 0) is 11.3 Å². The minimum absolute atomic E-state index is 0.0178. The number of nitrogens with one attached hydrogen (secondary N) is 1. The number of hydrogen-bond donors (Lipinski definition) is 2. The molecule has 1 aromatic rings. The number of hydrogen-bond acceptors (Lipinski definition) is 4. The second-order valence-corrected chi connectivity index (χ2v) is 11.1. The van der Waals surface area contributed by atoms with E-state index >= 15 is 0 Å². The Kier molecular flexibility index (Phi) is 7.99. The van der Waals surface area contributed by atoms with E-state index < -0.39 is 12.1 Å². The summed E-state index contributed by atoms with van der Waals surface area (Å²) in [6.07, 6.45) is 2.95. The lowest BCUT2D eigenvalue weighted by Gasteiger charge is -2.39. The van der Waals surface area contributed by atoms with E-state index in [2.05, 4.69) is 61.3 Å². The lowest BCUT2D eigenvalue weighted by Crippen LogP contribution is -2.51. The van der Waals surface area contributed by atoms with Gasteiger partial charge in [0.25, 0.3) is 0 Å². The van der Waals surface area contributed by atoms with Crippen LogP contribution in [0.2, 0.25) is 0 Å². The number of carbonyl (C=O) groups is 2. The first kappa shape index (κ1) is 24.7. The summed E-state index contributed by atoms with van der Waals surface area (Å²) >= 11 is 0. The summed E-state index contributed by atoms with van der Waals surface area (Å²) in [6.45, 7) is 12.0. The molecular formula is C26H41N3O3. The van der Waals surface area contributed by atoms with Gasteiger partial charge in [0.15, 0.2) is 0 Å². The van der Waals surface area contributed by atoms with E-state index in [4.69, 9.17) is 0 Å². The number of carboxylic acid groups (broad SMARTS) is 1. The molecule has 1 unspecified atom stereocenters. The molecule has 1 amide bonds. The molecule has 1 aromatic carbocycles. The predicted molar refractivity (Wildman–Crippen MR) is 128 cm³/mol. The van der Waals surface area contributed by atoms with Crippen molar-refractivity contribution in [2.75, 3.05) is 20.1 Å². The number of fused-ring (bicyclic) bond motifs is 1. The van der Waals surface area contributed by atoms with Gasteiger partial charge in [-0.05, 0) is 48.0 Å². The number of rotatable bonds is 9. The molecule has 6 nitrogen and oxygen atoms in total. The monoisotopic (exact) mass is 443 g/mol. The highest BCUT2D eigenvalue weighted by Gasteiger charge is 2.44. The van der Waals surface area contributed by atoms with E-state index in [1.807, 2.05) is 6.92 Å². The topological polar surface area (TPSA) is 72.9 Å². The van der Waals surface area contributed by atoms with Crippen LogP contribution in [0.1, 0.15) is 52.5 Å². The van der Waals surface area contributed by atoms with E-state index in [1.54, 1.807) is 0 Å². The summed E-state index contributed by atoms with van der Waals surface area (Å²) < 4.78 is 0. The van der Waals surface area contributed by atoms with Crippen LogP contribution in [0.25, 0.3) is 0 Å². The van der Waals surface area contributed by atoms with Crippen LogP contribution in [-0.4, -0.2) is 65.5 Å². The maximum absolute atomic E-state index is 11.7. The second-order valence-electron chi connectivity index (χ2n) is 11.1. The molecule has 0 spiro atoms. The Morgan fingerprint density at radius 3 is 2.53 bits per heavy atom. The van der Waals surface area contributed by atoms with Crippen LogP contribution < -0.4 is 5.32 Å². The molecular weight excluding hydrogens is 402 g/mol. The molecule has 2 fully saturated rings. The van der Waals surface area contributed by atoms with Crippen molar-refractivity contribution in [3.05, 3.63) is 35.9 Å². The first-order chi connectivity index (χ1) is 15.1. The molecule has 1 heterocycles. The Bertz CT molecular complexity index is 763. The number of aldehydes is 1. The van der Waals surface area contributed by atoms with E-state index in [-0.39, 0.29) is 17.4 Å². The van der Waals surface area contributed by atoms with Crippen molar-refractivity contribution in [2.24, 2.45) is 23.2 Å². The van der Waals surface area contributed by atoms with Crippen molar-refractivity contribution in [3.63, 3.8) is 0 Å². The van der Waals surface area contributed by atoms with Gasteiger partial charge >= 0.3 is 6.09 Å². The van der Waals surface area contributed by atoms with Gasteiger partial charge in [0, 0.05) is 38.8 Å². The summed E-state index contributed by atoms with van der Waals surface area (Å²) in [6, 6.07) is 10.8. The van der Waals surface area contributed by atoms with Crippen LogP contribution in [0.3, 0.4) is 0 Å². The van der Waals surface area contributed by atoms with Crippen molar-refractivity contribution in [3.8, 4) is 0 Å². The van der Waals surface area contributed by atoms with Gasteiger partial charge in [-0.2, -0.15) is 0 Å². The number of likely N-dealkylation sites (N-methyl/N-ethyl adjacent to an activating group) is 1. The highest BCUT2D eigenvalue weighted by Crippen LogP contribution is 2.40. The number of benzene rings is 1. The molecule has 0 aromatic heterocycles. The van der Waals surface area contributed by atoms with Gasteiger partial charge in [-0.15, -0.1) is 0 Å². The van der Waals surface area contributed by atoms with Gasteiger partial charge in [-0.3, -0.25) is 4.90 Å². The standard InChI is InChI=1S/C26H41N3O3/c1-18(23(17-30)28(5)25(31)32)13-24(26(2,3)4)27-22-12-11-20-15-29(16-21(20)22)14-19-9-7-6-8-10-19/h6-10,17-18,20-24,27H,11-16H2,1-5H3,(H,31,32)/t18-,20-,21+,22+,23+,24?/m0/s1. The molecule has 1 saturated heterocycles. The third kappa shape index (κ3) is 5.90. The maximum atomic E-state index is 11.7. The molecule has 6 heteroatoms. The van der Waals surface area contributed by atoms with Gasteiger partial charge in [0.1, 0.15) is 6.29 Å². The zero-order chi connectivity index (χ0) is 23.5. The fourth-order valence-electron chi connectivity index (χ4n) is 5.71. The van der Waals surface area contributed by atoms with Gasteiger partial charge in [0.2, 0.25) is 0 Å². The smallest absolute Gasteiger partial charge is 0.407 e. The third-order valence-electron chi connectivity index (χ3n) is 7.72. The SMILES string of the molecule is C[C@@H](CC(N[C@@H]1CC[C@H]2CN(Cc3ccccc3)C[C@H]21)C(C)(C)C)[C@@H](C=O)N(C)C(=O)O. The summed E-state index contributed by atoms with van der Waals surface area (Å²) in [5, 5.41) is 13.3. The van der Waals surface area contributed by atoms with E-state index in [0.29, 0.717) is 12.0 Å². The summed E-state index contributed by atoms with van der Waals surface area (Å²) in [4.78, 5) is 26.8. The number of carbonyl (C=O) groups excluding carboxylic acids is 1. The Balaban J connectivity index is 1.63. The van der Waals surface area contributed by atoms with Crippen LogP contribution in [0, 0.1) is 23.2 Å². The molecule has 1 aliphatic carbocycles. The molecule has 0 radical (unpaired) electrons. The van der Waals surface area contributed by atoms with Crippen molar-refractivity contribution in [1.29, 1.82) is 0 Å². The number of nitrogens with zero attached hydrogens (tertiary/aromatic N) is 2. The Morgan fingerprint density at radius 2 is 1.94 bits per heavy atom. The van der Waals surface area contributed by atoms with Crippen LogP contribution >= 0.6 is 0 Å². The second kappa shape index (κ2) is 10.3. The van der Waals surface area contributed by atoms with Crippen LogP contribution in [0.4, 0.5) is 4.79 Å². The molecule has 2 aliphatic rings. The van der Waals surface area contributed by atoms with E-state index in [1.165, 1.54) is 32.0 Å². The van der Waals surface area contributed by atoms with Crippen molar-refractivity contribution >= 4 is 12.4 Å². The van der Waals surface area contributed by atoms with Gasteiger partial charge in [0.05, 0.1) is 6.04 Å². The Hall–Kier alpha value is -1.92. The van der Waals surface area contributed by atoms with Crippen LogP contribution in [0.15, 0.2) is 30.3 Å². The van der Waals surface area contributed by atoms with Crippen molar-refractivity contribution in [1.82, 2.24) is 15.1 Å². The van der Waals surface area contributed by atoms with Crippen molar-refractivity contribution in [2.45, 2.75) is 71.6 Å². The molecule has 1 saturated carbocycles. The number of amides is 1. The van der Waals surface area contributed by atoms with E-state index in [9.17, 15) is 14.7 Å². The zero-order valence-electron chi connectivity index (χ0n) is 20.3. The molecule has 1 aliphatic heterocycles. The van der Waals surface area contributed by atoms with Gasteiger partial charge in [-0.1, -0.05) is 58.0 Å².